The summed E-state index contributed by atoms with van der Waals surface area (Å²) in [5, 5.41) is 9.01. The molecule has 6 heteroatoms. The lowest BCUT2D eigenvalue weighted by molar-refractivity contribution is 0.0691. The first kappa shape index (κ1) is 11.3. The van der Waals surface area contributed by atoms with Crippen molar-refractivity contribution in [2.24, 2.45) is 0 Å². The van der Waals surface area contributed by atoms with Gasteiger partial charge in [0.2, 0.25) is 0 Å². The largest absolute Gasteiger partial charge is 0.489 e. The second-order valence-corrected chi connectivity index (χ2v) is 3.43. The predicted molar refractivity (Wildman–Crippen MR) is 58.6 cm³/mol. The number of para-hydroxylation sites is 1. The van der Waals surface area contributed by atoms with Crippen molar-refractivity contribution >= 4 is 17.7 Å². The van der Waals surface area contributed by atoms with E-state index in [1.165, 1.54) is 18.1 Å². The van der Waals surface area contributed by atoms with Crippen LogP contribution >= 0.6 is 0 Å². The summed E-state index contributed by atoms with van der Waals surface area (Å²) in [7, 11) is 1.28. The van der Waals surface area contributed by atoms with Gasteiger partial charge in [-0.05, 0) is 12.1 Å². The Morgan fingerprint density at radius 2 is 2.24 bits per heavy atom. The lowest BCUT2D eigenvalue weighted by Crippen LogP contribution is -2.38. The van der Waals surface area contributed by atoms with E-state index in [9.17, 15) is 9.59 Å². The fourth-order valence-electron chi connectivity index (χ4n) is 1.72. The smallest absolute Gasteiger partial charge is 0.414 e. The Morgan fingerprint density at radius 3 is 2.88 bits per heavy atom. The van der Waals surface area contributed by atoms with Crippen LogP contribution in [0.3, 0.4) is 0 Å². The monoisotopic (exact) mass is 237 g/mol. The number of methoxy groups -OCH3 is 1. The number of hydrogen-bond donors (Lipinski definition) is 1. The predicted octanol–water partition coefficient (Wildman–Crippen LogP) is 1.35. The zero-order valence-corrected chi connectivity index (χ0v) is 9.17. The fraction of sp³-hybridized carbons (Fsp3) is 0.273. The first-order chi connectivity index (χ1) is 8.15. The van der Waals surface area contributed by atoms with E-state index in [2.05, 4.69) is 4.74 Å². The van der Waals surface area contributed by atoms with Gasteiger partial charge in [-0.2, -0.15) is 0 Å². The van der Waals surface area contributed by atoms with Crippen LogP contribution < -0.4 is 9.64 Å². The van der Waals surface area contributed by atoms with Gasteiger partial charge in [-0.3, -0.25) is 4.90 Å². The molecule has 0 aromatic heterocycles. The van der Waals surface area contributed by atoms with Crippen LogP contribution in [0.2, 0.25) is 0 Å². The zero-order chi connectivity index (χ0) is 12.4. The molecule has 0 atom stereocenters. The van der Waals surface area contributed by atoms with Crippen molar-refractivity contribution in [2.45, 2.75) is 0 Å². The molecule has 1 aromatic carbocycles. The van der Waals surface area contributed by atoms with E-state index in [1.807, 2.05) is 0 Å². The normalized spacial score (nSPS) is 13.6. The summed E-state index contributed by atoms with van der Waals surface area (Å²) < 4.78 is 9.94. The summed E-state index contributed by atoms with van der Waals surface area (Å²) in [6.07, 6.45) is -0.530. The maximum atomic E-state index is 11.5. The number of benzene rings is 1. The van der Waals surface area contributed by atoms with Crippen LogP contribution in [0.25, 0.3) is 0 Å². The van der Waals surface area contributed by atoms with Gasteiger partial charge in [0, 0.05) is 0 Å². The Balaban J connectivity index is 2.49. The highest BCUT2D eigenvalue weighted by molar-refractivity contribution is 5.97. The quantitative estimate of drug-likeness (QED) is 0.797. The molecule has 0 fully saturated rings. The number of hydrogen-bond acceptors (Lipinski definition) is 4. The number of carboxylic acid groups (broad SMARTS) is 1. The van der Waals surface area contributed by atoms with Crippen LogP contribution in [0.5, 0.6) is 5.75 Å². The highest BCUT2D eigenvalue weighted by Gasteiger charge is 2.27. The number of rotatable bonds is 1. The molecule has 0 saturated carbocycles. The molecule has 2 rings (SSSR count). The molecule has 0 radical (unpaired) electrons. The van der Waals surface area contributed by atoms with E-state index in [4.69, 9.17) is 9.84 Å². The second kappa shape index (κ2) is 4.32. The molecule has 17 heavy (non-hydrogen) atoms. The maximum Gasteiger partial charge on any atom is 0.414 e. The first-order valence-electron chi connectivity index (χ1n) is 4.99. The van der Waals surface area contributed by atoms with Gasteiger partial charge in [-0.25, -0.2) is 9.59 Å². The van der Waals surface area contributed by atoms with Crippen molar-refractivity contribution in [1.29, 1.82) is 0 Å². The van der Waals surface area contributed by atoms with Crippen LogP contribution in [-0.2, 0) is 4.74 Å². The topological polar surface area (TPSA) is 76.1 Å². The summed E-state index contributed by atoms with van der Waals surface area (Å²) >= 11 is 0. The van der Waals surface area contributed by atoms with Gasteiger partial charge < -0.3 is 14.6 Å². The lowest BCUT2D eigenvalue weighted by atomic mass is 10.1. The van der Waals surface area contributed by atoms with Gasteiger partial charge in [0.25, 0.3) is 0 Å². The van der Waals surface area contributed by atoms with Gasteiger partial charge in [-0.15, -0.1) is 0 Å². The molecule has 1 heterocycles. The van der Waals surface area contributed by atoms with Gasteiger partial charge >= 0.3 is 12.1 Å². The average Bonchev–Trinajstić information content (AvgIpc) is 2.36. The van der Waals surface area contributed by atoms with Gasteiger partial charge in [0.15, 0.2) is 5.75 Å². The third-order valence-corrected chi connectivity index (χ3v) is 2.47. The number of fused-ring (bicyclic) bond motifs is 1. The number of carbonyl (C=O) groups is 2. The van der Waals surface area contributed by atoms with Crippen molar-refractivity contribution in [3.8, 4) is 5.75 Å². The van der Waals surface area contributed by atoms with Crippen LogP contribution in [0.4, 0.5) is 10.5 Å². The number of anilines is 1. The molecule has 0 unspecified atom stereocenters. The van der Waals surface area contributed by atoms with Gasteiger partial charge in [0.1, 0.15) is 12.2 Å². The van der Waals surface area contributed by atoms with Crippen LogP contribution in [0, 0.1) is 0 Å². The Morgan fingerprint density at radius 1 is 1.47 bits per heavy atom. The first-order valence-corrected chi connectivity index (χ1v) is 4.99. The van der Waals surface area contributed by atoms with E-state index < -0.39 is 12.1 Å². The molecule has 0 saturated heterocycles. The molecule has 1 amide bonds. The number of carbonyl (C=O) groups excluding carboxylic acids is 1. The standard InChI is InChI=1S/C11H11NO5/c1-16-11(15)12-5-6-17-9-7(10(13)14)3-2-4-8(9)12/h2-4H,5-6H2,1H3,(H,13,14). The molecule has 0 spiro atoms. The summed E-state index contributed by atoms with van der Waals surface area (Å²) in [5.74, 6) is -0.884. The minimum Gasteiger partial charge on any atom is -0.489 e. The SMILES string of the molecule is COC(=O)N1CCOc2c(C(=O)O)cccc21. The molecule has 1 aliphatic heterocycles. The Hall–Kier alpha value is -2.24. The zero-order valence-electron chi connectivity index (χ0n) is 9.17. The molecule has 1 aromatic rings. The van der Waals surface area contributed by atoms with E-state index in [1.54, 1.807) is 12.1 Å². The molecule has 1 aliphatic rings. The number of nitrogens with zero attached hydrogens (tertiary/aromatic N) is 1. The minimum atomic E-state index is -1.09. The number of carboxylic acids is 1. The third-order valence-electron chi connectivity index (χ3n) is 2.47. The average molecular weight is 237 g/mol. The fourth-order valence-corrected chi connectivity index (χ4v) is 1.72. The summed E-state index contributed by atoms with van der Waals surface area (Å²) in [6, 6.07) is 4.62. The number of ether oxygens (including phenoxy) is 2. The maximum absolute atomic E-state index is 11.5. The van der Waals surface area contributed by atoms with Gasteiger partial charge in [0.05, 0.1) is 19.3 Å². The minimum absolute atomic E-state index is 0.0381. The highest BCUT2D eigenvalue weighted by atomic mass is 16.5. The van der Waals surface area contributed by atoms with Crippen molar-refractivity contribution in [2.75, 3.05) is 25.2 Å². The van der Waals surface area contributed by atoms with Crippen molar-refractivity contribution in [3.05, 3.63) is 23.8 Å². The molecule has 0 aliphatic carbocycles. The summed E-state index contributed by atoms with van der Waals surface area (Å²) in [5.41, 5.74) is 0.458. The molecule has 6 nitrogen and oxygen atoms in total. The summed E-state index contributed by atoms with van der Waals surface area (Å²) in [4.78, 5) is 23.9. The van der Waals surface area contributed by atoms with Crippen LogP contribution in [0.15, 0.2) is 18.2 Å². The van der Waals surface area contributed by atoms with E-state index in [0.717, 1.165) is 0 Å². The molecular weight excluding hydrogens is 226 g/mol. The number of amides is 1. The highest BCUT2D eigenvalue weighted by Crippen LogP contribution is 2.35. The lowest BCUT2D eigenvalue weighted by Gasteiger charge is -2.28. The van der Waals surface area contributed by atoms with Crippen molar-refractivity contribution in [3.63, 3.8) is 0 Å². The van der Waals surface area contributed by atoms with Crippen LogP contribution in [0.1, 0.15) is 10.4 Å². The second-order valence-electron chi connectivity index (χ2n) is 3.43. The molecule has 1 N–H and O–H groups in total. The van der Waals surface area contributed by atoms with Crippen molar-refractivity contribution < 1.29 is 24.2 Å². The molecular formula is C11H11NO5. The van der Waals surface area contributed by atoms with E-state index >= 15 is 0 Å². The van der Waals surface area contributed by atoms with E-state index in [0.29, 0.717) is 12.2 Å². The van der Waals surface area contributed by atoms with Crippen molar-refractivity contribution in [1.82, 2.24) is 0 Å². The molecule has 0 bridgehead atoms. The molecule has 90 valence electrons. The Labute approximate surface area is 97.4 Å². The summed E-state index contributed by atoms with van der Waals surface area (Å²) in [6.45, 7) is 0.579. The third kappa shape index (κ3) is 1.89. The number of aromatic carboxylic acids is 1. The van der Waals surface area contributed by atoms with Gasteiger partial charge in [-0.1, -0.05) is 6.07 Å². The Bertz CT molecular complexity index is 471. The van der Waals surface area contributed by atoms with Crippen LogP contribution in [-0.4, -0.2) is 37.4 Å². The Kier molecular flexibility index (Phi) is 2.86. The van der Waals surface area contributed by atoms with E-state index in [-0.39, 0.29) is 17.9 Å².